The maximum Gasteiger partial charge on any atom is 0.421 e. The lowest BCUT2D eigenvalue weighted by atomic mass is 10.2. The van der Waals surface area contributed by atoms with Crippen LogP contribution in [0.5, 0.6) is 17.4 Å². The Kier molecular flexibility index (Phi) is 7.93. The SMILES string of the molecule is CCNC(=NCCOc1ncccc1C(F)(F)F)Nc1ccc(OC)c(OC)c1. The van der Waals surface area contributed by atoms with Crippen molar-refractivity contribution >= 4 is 11.6 Å². The zero-order valence-electron chi connectivity index (χ0n) is 16.3. The Morgan fingerprint density at radius 1 is 1.14 bits per heavy atom. The van der Waals surface area contributed by atoms with Crippen LogP contribution in [0, 0.1) is 0 Å². The van der Waals surface area contributed by atoms with Crippen LogP contribution in [-0.4, -0.2) is 44.9 Å². The van der Waals surface area contributed by atoms with Crippen LogP contribution >= 0.6 is 0 Å². The van der Waals surface area contributed by atoms with Gasteiger partial charge in [-0.3, -0.25) is 0 Å². The lowest BCUT2D eigenvalue weighted by Gasteiger charge is -2.14. The summed E-state index contributed by atoms with van der Waals surface area (Å²) < 4.78 is 54.5. The number of alkyl halides is 3. The van der Waals surface area contributed by atoms with E-state index in [9.17, 15) is 13.2 Å². The number of methoxy groups -OCH3 is 2. The van der Waals surface area contributed by atoms with Crippen molar-refractivity contribution in [3.63, 3.8) is 0 Å². The van der Waals surface area contributed by atoms with E-state index in [1.165, 1.54) is 19.4 Å². The van der Waals surface area contributed by atoms with Crippen LogP contribution in [0.1, 0.15) is 12.5 Å². The van der Waals surface area contributed by atoms with Gasteiger partial charge in [0.15, 0.2) is 17.5 Å². The molecule has 0 aliphatic rings. The lowest BCUT2D eigenvalue weighted by Crippen LogP contribution is -2.31. The Morgan fingerprint density at radius 2 is 1.90 bits per heavy atom. The van der Waals surface area contributed by atoms with E-state index in [0.29, 0.717) is 29.7 Å². The fourth-order valence-corrected chi connectivity index (χ4v) is 2.38. The van der Waals surface area contributed by atoms with E-state index in [4.69, 9.17) is 14.2 Å². The van der Waals surface area contributed by atoms with Crippen molar-refractivity contribution < 1.29 is 27.4 Å². The predicted octanol–water partition coefficient (Wildman–Crippen LogP) is 3.57. The van der Waals surface area contributed by atoms with Crippen molar-refractivity contribution in [1.82, 2.24) is 10.3 Å². The number of halogens is 3. The molecule has 158 valence electrons. The van der Waals surface area contributed by atoms with E-state index in [1.54, 1.807) is 25.3 Å². The summed E-state index contributed by atoms with van der Waals surface area (Å²) >= 11 is 0. The number of pyridine rings is 1. The van der Waals surface area contributed by atoms with Crippen molar-refractivity contribution in [1.29, 1.82) is 0 Å². The summed E-state index contributed by atoms with van der Waals surface area (Å²) in [6.07, 6.45) is -3.28. The normalized spacial score (nSPS) is 11.7. The van der Waals surface area contributed by atoms with E-state index in [2.05, 4.69) is 20.6 Å². The lowest BCUT2D eigenvalue weighted by molar-refractivity contribution is -0.139. The summed E-state index contributed by atoms with van der Waals surface area (Å²) in [5.74, 6) is 1.11. The molecule has 29 heavy (non-hydrogen) atoms. The van der Waals surface area contributed by atoms with Gasteiger partial charge in [-0.25, -0.2) is 9.98 Å². The third-order valence-electron chi connectivity index (χ3n) is 3.67. The molecule has 2 aromatic rings. The van der Waals surface area contributed by atoms with Crippen LogP contribution in [0.25, 0.3) is 0 Å². The molecule has 0 saturated carbocycles. The van der Waals surface area contributed by atoms with Crippen LogP contribution in [-0.2, 0) is 6.18 Å². The van der Waals surface area contributed by atoms with Crippen LogP contribution in [0.3, 0.4) is 0 Å². The third kappa shape index (κ3) is 6.44. The summed E-state index contributed by atoms with van der Waals surface area (Å²) in [4.78, 5) is 7.96. The van der Waals surface area contributed by atoms with Gasteiger partial charge in [0.25, 0.3) is 0 Å². The molecule has 0 aliphatic carbocycles. The van der Waals surface area contributed by atoms with Crippen LogP contribution in [0.15, 0.2) is 41.5 Å². The van der Waals surface area contributed by atoms with E-state index >= 15 is 0 Å². The number of hydrogen-bond acceptors (Lipinski definition) is 5. The Bertz CT molecular complexity index is 829. The molecule has 2 rings (SSSR count). The number of nitrogens with one attached hydrogen (secondary N) is 2. The average Bonchev–Trinajstić information content (AvgIpc) is 2.70. The summed E-state index contributed by atoms with van der Waals surface area (Å²) in [6, 6.07) is 7.41. The molecular formula is C19H23F3N4O3. The van der Waals surface area contributed by atoms with Gasteiger partial charge < -0.3 is 24.8 Å². The molecule has 7 nitrogen and oxygen atoms in total. The summed E-state index contributed by atoms with van der Waals surface area (Å²) in [5, 5.41) is 6.14. The molecule has 0 bridgehead atoms. The number of benzene rings is 1. The minimum Gasteiger partial charge on any atom is -0.493 e. The second kappa shape index (κ2) is 10.4. The second-order valence-corrected chi connectivity index (χ2v) is 5.66. The summed E-state index contributed by atoms with van der Waals surface area (Å²) in [5.41, 5.74) is -0.216. The Hall–Kier alpha value is -3.17. The highest BCUT2D eigenvalue weighted by atomic mass is 19.4. The number of nitrogens with zero attached hydrogens (tertiary/aromatic N) is 2. The van der Waals surface area contributed by atoms with Gasteiger partial charge in [0, 0.05) is 24.5 Å². The van der Waals surface area contributed by atoms with E-state index in [1.807, 2.05) is 6.92 Å². The average molecular weight is 412 g/mol. The minimum absolute atomic E-state index is 0.0669. The molecule has 10 heteroatoms. The van der Waals surface area contributed by atoms with Gasteiger partial charge in [0.05, 0.1) is 20.8 Å². The first-order chi connectivity index (χ1) is 13.9. The van der Waals surface area contributed by atoms with Crippen molar-refractivity contribution in [2.24, 2.45) is 4.99 Å². The summed E-state index contributed by atoms with van der Waals surface area (Å²) in [6.45, 7) is 2.54. The number of aromatic nitrogens is 1. The van der Waals surface area contributed by atoms with Gasteiger partial charge in [-0.2, -0.15) is 13.2 Å². The zero-order valence-corrected chi connectivity index (χ0v) is 16.3. The van der Waals surface area contributed by atoms with Crippen LogP contribution < -0.4 is 24.8 Å². The van der Waals surface area contributed by atoms with E-state index in [-0.39, 0.29) is 13.2 Å². The van der Waals surface area contributed by atoms with Crippen molar-refractivity contribution in [2.45, 2.75) is 13.1 Å². The molecule has 0 aliphatic heterocycles. The maximum absolute atomic E-state index is 13.0. The number of rotatable bonds is 8. The number of hydrogen-bond donors (Lipinski definition) is 2. The molecule has 0 spiro atoms. The van der Waals surface area contributed by atoms with Crippen molar-refractivity contribution in [3.8, 4) is 17.4 Å². The molecule has 2 N–H and O–H groups in total. The molecule has 0 radical (unpaired) electrons. The zero-order chi connectivity index (χ0) is 21.3. The number of anilines is 1. The van der Waals surface area contributed by atoms with E-state index in [0.717, 1.165) is 6.07 Å². The van der Waals surface area contributed by atoms with Gasteiger partial charge in [-0.1, -0.05) is 0 Å². The number of aliphatic imine (C=N–C) groups is 1. The largest absolute Gasteiger partial charge is 0.493 e. The highest BCUT2D eigenvalue weighted by Gasteiger charge is 2.34. The molecular weight excluding hydrogens is 389 g/mol. The minimum atomic E-state index is -4.53. The first-order valence-corrected chi connectivity index (χ1v) is 8.81. The van der Waals surface area contributed by atoms with Crippen molar-refractivity contribution in [2.75, 3.05) is 39.2 Å². The maximum atomic E-state index is 13.0. The predicted molar refractivity (Wildman–Crippen MR) is 104 cm³/mol. The van der Waals surface area contributed by atoms with Gasteiger partial charge in [0.2, 0.25) is 5.88 Å². The first kappa shape index (κ1) is 22.1. The summed E-state index contributed by atoms with van der Waals surface area (Å²) in [7, 11) is 3.08. The van der Waals surface area contributed by atoms with Gasteiger partial charge in [-0.15, -0.1) is 0 Å². The monoisotopic (exact) mass is 412 g/mol. The van der Waals surface area contributed by atoms with Gasteiger partial charge >= 0.3 is 6.18 Å². The third-order valence-corrected chi connectivity index (χ3v) is 3.67. The quantitative estimate of drug-likeness (QED) is 0.392. The molecule has 0 unspecified atom stereocenters. The van der Waals surface area contributed by atoms with Crippen LogP contribution in [0.4, 0.5) is 18.9 Å². The molecule has 0 atom stereocenters. The molecule has 1 aromatic carbocycles. The van der Waals surface area contributed by atoms with Crippen LogP contribution in [0.2, 0.25) is 0 Å². The fourth-order valence-electron chi connectivity index (χ4n) is 2.38. The highest BCUT2D eigenvalue weighted by Crippen LogP contribution is 2.34. The molecule has 0 amide bonds. The Labute approximate surface area is 166 Å². The molecule has 1 aromatic heterocycles. The Balaban J connectivity index is 2.02. The Morgan fingerprint density at radius 3 is 2.55 bits per heavy atom. The van der Waals surface area contributed by atoms with Gasteiger partial charge in [-0.05, 0) is 31.2 Å². The molecule has 0 saturated heterocycles. The smallest absolute Gasteiger partial charge is 0.421 e. The second-order valence-electron chi connectivity index (χ2n) is 5.66. The number of ether oxygens (including phenoxy) is 3. The van der Waals surface area contributed by atoms with Crippen molar-refractivity contribution in [3.05, 3.63) is 42.1 Å². The van der Waals surface area contributed by atoms with Gasteiger partial charge in [0.1, 0.15) is 12.2 Å². The number of guanidine groups is 1. The topological polar surface area (TPSA) is 77.0 Å². The first-order valence-electron chi connectivity index (χ1n) is 8.81. The highest BCUT2D eigenvalue weighted by molar-refractivity contribution is 5.93. The molecule has 0 fully saturated rings. The fraction of sp³-hybridized carbons (Fsp3) is 0.368. The van der Waals surface area contributed by atoms with E-state index < -0.39 is 17.6 Å². The standard InChI is InChI=1S/C19H23F3N4O3/c1-4-23-18(26-13-7-8-15(27-2)16(12-13)28-3)25-10-11-29-17-14(19(20,21)22)6-5-9-24-17/h5-9,12H,4,10-11H2,1-3H3,(H2,23,25,26). The molecule has 1 heterocycles.